The van der Waals surface area contributed by atoms with Gasteiger partial charge in [-0.1, -0.05) is 154 Å². The molecular weight excluding hydrogens is 484 g/mol. The molecule has 230 valence electrons. The minimum absolute atomic E-state index is 0.120. The maximum Gasteiger partial charge on any atom is 0.309 e. The smallest absolute Gasteiger partial charge is 0.309 e. The van der Waals surface area contributed by atoms with Crippen molar-refractivity contribution in [3.05, 3.63) is 12.2 Å². The molecule has 0 heterocycles. The summed E-state index contributed by atoms with van der Waals surface area (Å²) in [7, 11) is 0. The minimum atomic E-state index is -0.923. The number of hydrogen-bond acceptors (Lipinski definition) is 3. The van der Waals surface area contributed by atoms with Crippen LogP contribution >= 0.6 is 0 Å². The van der Waals surface area contributed by atoms with Crippen molar-refractivity contribution in [2.75, 3.05) is 6.61 Å². The van der Waals surface area contributed by atoms with Gasteiger partial charge in [-0.15, -0.1) is 0 Å². The molecule has 4 nitrogen and oxygen atoms in total. The van der Waals surface area contributed by atoms with E-state index in [1.54, 1.807) is 0 Å². The zero-order valence-corrected chi connectivity index (χ0v) is 26.2. The zero-order valence-electron chi connectivity index (χ0n) is 26.2. The Morgan fingerprint density at radius 2 is 0.949 bits per heavy atom. The lowest BCUT2D eigenvalue weighted by molar-refractivity contribution is -0.153. The van der Waals surface area contributed by atoms with Crippen LogP contribution < -0.4 is 0 Å². The Morgan fingerprint density at radius 3 is 1.33 bits per heavy atom. The molecule has 0 aliphatic carbocycles. The van der Waals surface area contributed by atoms with Crippen LogP contribution in [0.1, 0.15) is 187 Å². The van der Waals surface area contributed by atoms with Gasteiger partial charge < -0.3 is 9.84 Å². The van der Waals surface area contributed by atoms with Gasteiger partial charge >= 0.3 is 11.9 Å². The van der Waals surface area contributed by atoms with Gasteiger partial charge in [0.25, 0.3) is 0 Å². The number of allylic oxidation sites excluding steroid dienone is 2. The van der Waals surface area contributed by atoms with E-state index in [4.69, 9.17) is 9.84 Å². The molecule has 1 atom stereocenters. The summed E-state index contributed by atoms with van der Waals surface area (Å²) >= 11 is 0. The van der Waals surface area contributed by atoms with E-state index in [0.717, 1.165) is 32.1 Å². The van der Waals surface area contributed by atoms with Crippen molar-refractivity contribution in [3.63, 3.8) is 0 Å². The van der Waals surface area contributed by atoms with E-state index < -0.39 is 11.9 Å². The summed E-state index contributed by atoms with van der Waals surface area (Å²) in [4.78, 5) is 23.0. The topological polar surface area (TPSA) is 63.6 Å². The van der Waals surface area contributed by atoms with Crippen LogP contribution in [0.2, 0.25) is 0 Å². The summed E-state index contributed by atoms with van der Waals surface area (Å²) < 4.78 is 5.15. The first-order valence-electron chi connectivity index (χ1n) is 17.1. The standard InChI is InChI=1S/C35H66O4/c1-3-5-6-7-8-9-10-11-12-13-14-15-16-17-18-19-20-21-22-23-24-25-26-27-28-29-30-33(32-34(36)37)35(38)39-31-4-2/h23-24,33H,3-22,25-32H2,1-2H3,(H,36,37)/b24-23+. The Labute approximate surface area is 243 Å². The summed E-state index contributed by atoms with van der Waals surface area (Å²) in [6.07, 6.45) is 38.1. The maximum absolute atomic E-state index is 12.0. The Morgan fingerprint density at radius 1 is 0.564 bits per heavy atom. The van der Waals surface area contributed by atoms with Crippen molar-refractivity contribution in [1.29, 1.82) is 0 Å². The molecule has 0 aliphatic heterocycles. The molecular formula is C35H66O4. The highest BCUT2D eigenvalue weighted by atomic mass is 16.5. The second kappa shape index (κ2) is 31.2. The molecule has 0 aromatic heterocycles. The van der Waals surface area contributed by atoms with E-state index >= 15 is 0 Å². The second-order valence-electron chi connectivity index (χ2n) is 11.7. The summed E-state index contributed by atoms with van der Waals surface area (Å²) in [5, 5.41) is 9.04. The maximum atomic E-state index is 12.0. The molecule has 0 fully saturated rings. The van der Waals surface area contributed by atoms with Crippen molar-refractivity contribution in [3.8, 4) is 0 Å². The predicted molar refractivity (Wildman–Crippen MR) is 167 cm³/mol. The van der Waals surface area contributed by atoms with Crippen LogP contribution in [0.3, 0.4) is 0 Å². The van der Waals surface area contributed by atoms with Crippen LogP contribution in [0.5, 0.6) is 0 Å². The normalized spacial score (nSPS) is 12.3. The average molecular weight is 551 g/mol. The highest BCUT2D eigenvalue weighted by Gasteiger charge is 2.22. The van der Waals surface area contributed by atoms with Crippen LogP contribution in [-0.2, 0) is 14.3 Å². The van der Waals surface area contributed by atoms with Crippen molar-refractivity contribution in [1.82, 2.24) is 0 Å². The number of aliphatic carboxylic acids is 1. The molecule has 0 aliphatic rings. The van der Waals surface area contributed by atoms with Gasteiger partial charge in [-0.05, 0) is 38.5 Å². The van der Waals surface area contributed by atoms with E-state index in [0.29, 0.717) is 13.0 Å². The van der Waals surface area contributed by atoms with Gasteiger partial charge in [0, 0.05) is 0 Å². The number of ether oxygens (including phenoxy) is 1. The second-order valence-corrected chi connectivity index (χ2v) is 11.7. The summed E-state index contributed by atoms with van der Waals surface area (Å²) in [5.41, 5.74) is 0. The van der Waals surface area contributed by atoms with Crippen molar-refractivity contribution < 1.29 is 19.4 Å². The number of carboxylic acid groups (broad SMARTS) is 1. The number of unbranched alkanes of at least 4 members (excludes halogenated alkanes) is 22. The molecule has 1 N–H and O–H groups in total. The van der Waals surface area contributed by atoms with Crippen LogP contribution in [-0.4, -0.2) is 23.7 Å². The van der Waals surface area contributed by atoms with Crippen LogP contribution in [0.25, 0.3) is 0 Å². The molecule has 4 heteroatoms. The molecule has 0 saturated heterocycles. The third-order valence-electron chi connectivity index (χ3n) is 7.77. The summed E-state index contributed by atoms with van der Waals surface area (Å²) in [5.74, 6) is -1.77. The van der Waals surface area contributed by atoms with Crippen molar-refractivity contribution >= 4 is 11.9 Å². The molecule has 0 aromatic rings. The Balaban J connectivity index is 3.37. The largest absolute Gasteiger partial charge is 0.481 e. The van der Waals surface area contributed by atoms with Crippen LogP contribution in [0, 0.1) is 5.92 Å². The van der Waals surface area contributed by atoms with Gasteiger partial charge in [0.05, 0.1) is 18.9 Å². The average Bonchev–Trinajstić information content (AvgIpc) is 2.92. The van der Waals surface area contributed by atoms with Crippen LogP contribution in [0.4, 0.5) is 0 Å². The fourth-order valence-corrected chi connectivity index (χ4v) is 5.24. The minimum Gasteiger partial charge on any atom is -0.481 e. The van der Waals surface area contributed by atoms with E-state index in [-0.39, 0.29) is 12.4 Å². The lowest BCUT2D eigenvalue weighted by Gasteiger charge is -2.13. The van der Waals surface area contributed by atoms with Gasteiger partial charge in [0.1, 0.15) is 0 Å². The summed E-state index contributed by atoms with van der Waals surface area (Å²) in [6, 6.07) is 0. The quantitative estimate of drug-likeness (QED) is 0.0529. The van der Waals surface area contributed by atoms with Gasteiger partial charge in [-0.3, -0.25) is 9.59 Å². The summed E-state index contributed by atoms with van der Waals surface area (Å²) in [6.45, 7) is 4.61. The molecule has 0 bridgehead atoms. The Hall–Kier alpha value is -1.32. The van der Waals surface area contributed by atoms with E-state index in [1.165, 1.54) is 128 Å². The molecule has 0 spiro atoms. The number of rotatable bonds is 31. The first kappa shape index (κ1) is 37.7. The molecule has 0 rings (SSSR count). The van der Waals surface area contributed by atoms with Gasteiger partial charge in [0.15, 0.2) is 0 Å². The Bertz CT molecular complexity index is 557. The lowest BCUT2D eigenvalue weighted by atomic mass is 9.97. The SMILES string of the molecule is CCCCCCCCCCCCCCCCCCCC/C=C/CCCCCCC(CC(=O)O)C(=O)OCCC. The van der Waals surface area contributed by atoms with Crippen molar-refractivity contribution in [2.24, 2.45) is 5.92 Å². The molecule has 1 unspecified atom stereocenters. The van der Waals surface area contributed by atoms with E-state index in [1.807, 2.05) is 6.92 Å². The number of esters is 1. The molecule has 39 heavy (non-hydrogen) atoms. The first-order chi connectivity index (χ1) is 19.1. The van der Waals surface area contributed by atoms with E-state index in [2.05, 4.69) is 19.1 Å². The third-order valence-corrected chi connectivity index (χ3v) is 7.77. The monoisotopic (exact) mass is 550 g/mol. The van der Waals surface area contributed by atoms with Gasteiger partial charge in [0.2, 0.25) is 0 Å². The fraction of sp³-hybridized carbons (Fsp3) is 0.886. The molecule has 0 amide bonds. The Kier molecular flexibility index (Phi) is 30.2. The zero-order chi connectivity index (χ0) is 28.7. The predicted octanol–water partition coefficient (Wildman–Crippen LogP) is 11.4. The third kappa shape index (κ3) is 29.5. The number of hydrogen-bond donors (Lipinski definition) is 1. The van der Waals surface area contributed by atoms with Crippen molar-refractivity contribution in [2.45, 2.75) is 187 Å². The number of carbonyl (C=O) groups excluding carboxylic acids is 1. The molecule has 0 radical (unpaired) electrons. The molecule has 0 aromatic carbocycles. The first-order valence-corrected chi connectivity index (χ1v) is 17.1. The number of carbonyl (C=O) groups is 2. The fourth-order valence-electron chi connectivity index (χ4n) is 5.24. The van der Waals surface area contributed by atoms with E-state index in [9.17, 15) is 9.59 Å². The molecule has 0 saturated carbocycles. The van der Waals surface area contributed by atoms with Gasteiger partial charge in [-0.25, -0.2) is 0 Å². The highest BCUT2D eigenvalue weighted by molar-refractivity contribution is 5.79. The lowest BCUT2D eigenvalue weighted by Crippen LogP contribution is -2.21. The van der Waals surface area contributed by atoms with Crippen LogP contribution in [0.15, 0.2) is 12.2 Å². The highest BCUT2D eigenvalue weighted by Crippen LogP contribution is 2.18. The van der Waals surface area contributed by atoms with Gasteiger partial charge in [-0.2, -0.15) is 0 Å². The number of carboxylic acids is 1.